The molecule has 2 rings (SSSR count). The third-order valence-electron chi connectivity index (χ3n) is 3.06. The van der Waals surface area contributed by atoms with Crippen LogP contribution in [0.3, 0.4) is 0 Å². The number of benzene rings is 2. The van der Waals surface area contributed by atoms with E-state index in [1.807, 2.05) is 6.07 Å². The minimum Gasteiger partial charge on any atom is -0.481 e. The van der Waals surface area contributed by atoms with E-state index in [1.165, 1.54) is 0 Å². The molecule has 0 heterocycles. The molecule has 19 heavy (non-hydrogen) atoms. The van der Waals surface area contributed by atoms with Crippen LogP contribution in [0.5, 0.6) is 0 Å². The average molecular weight is 260 g/mol. The van der Waals surface area contributed by atoms with Crippen molar-refractivity contribution in [3.8, 4) is 0 Å². The molecule has 0 aromatic heterocycles. The maximum Gasteiger partial charge on any atom is 0.310 e. The summed E-state index contributed by atoms with van der Waals surface area (Å²) in [7, 11) is 0. The molecule has 96 valence electrons. The monoisotopic (exact) mass is 260 g/mol. The summed E-state index contributed by atoms with van der Waals surface area (Å²) in [5.74, 6) is -1.62. The van der Waals surface area contributed by atoms with E-state index in [4.69, 9.17) is 5.11 Å². The van der Waals surface area contributed by atoms with Crippen molar-refractivity contribution < 1.29 is 14.7 Å². The summed E-state index contributed by atoms with van der Waals surface area (Å²) in [6, 6.07) is 15.7. The van der Waals surface area contributed by atoms with E-state index >= 15 is 0 Å². The van der Waals surface area contributed by atoms with E-state index in [0.29, 0.717) is 16.7 Å². The lowest BCUT2D eigenvalue weighted by molar-refractivity contribution is -0.138. The van der Waals surface area contributed by atoms with Gasteiger partial charge in [-0.2, -0.15) is 0 Å². The summed E-state index contributed by atoms with van der Waals surface area (Å²) >= 11 is 0. The Hall–Kier alpha value is -2.42. The van der Waals surface area contributed by atoms with Gasteiger partial charge in [0.2, 0.25) is 0 Å². The zero-order valence-corrected chi connectivity index (χ0v) is 10.5. The molecule has 0 fully saturated rings. The first-order valence-electron chi connectivity index (χ1n) is 6.02. The van der Waals surface area contributed by atoms with Crippen molar-refractivity contribution in [2.45, 2.75) is 12.8 Å². The molecule has 2 aromatic carbocycles. The Morgan fingerprint density at radius 1 is 0.947 bits per heavy atom. The largest absolute Gasteiger partial charge is 0.481 e. The normalized spacial score (nSPS) is 11.8. The summed E-state index contributed by atoms with van der Waals surface area (Å²) in [6.45, 7) is 1.61. The molecule has 1 unspecified atom stereocenters. The van der Waals surface area contributed by atoms with Crippen LogP contribution >= 0.6 is 0 Å². The molecule has 0 saturated heterocycles. The van der Waals surface area contributed by atoms with Gasteiger partial charge in [0, 0.05) is 11.1 Å². The first-order chi connectivity index (χ1) is 9.09. The Kier molecular flexibility index (Phi) is 3.76. The lowest BCUT2D eigenvalue weighted by Gasteiger charge is -2.08. The van der Waals surface area contributed by atoms with Gasteiger partial charge in [-0.15, -0.1) is 0 Å². The second-order valence-electron chi connectivity index (χ2n) is 4.38. The molecule has 0 aliphatic carbocycles. The minimum absolute atomic E-state index is 0.0972. The fourth-order valence-corrected chi connectivity index (χ4v) is 1.85. The lowest BCUT2D eigenvalue weighted by Crippen LogP contribution is -2.09. The van der Waals surface area contributed by atoms with Crippen LogP contribution in [0.25, 0.3) is 0 Å². The van der Waals surface area contributed by atoms with Gasteiger partial charge in [-0.05, 0) is 18.6 Å². The maximum absolute atomic E-state index is 12.2. The molecular weight excluding hydrogens is 246 g/mol. The number of ketones is 1. The van der Waals surface area contributed by atoms with Crippen LogP contribution in [-0.4, -0.2) is 16.9 Å². The summed E-state index contributed by atoms with van der Waals surface area (Å²) in [4.78, 5) is 23.2. The van der Waals surface area contributed by atoms with E-state index in [1.54, 1.807) is 55.5 Å². The second-order valence-corrected chi connectivity index (χ2v) is 4.38. The zero-order valence-electron chi connectivity index (χ0n) is 10.5. The average Bonchev–Trinajstić information content (AvgIpc) is 2.46. The predicted octanol–water partition coefficient (Wildman–Crippen LogP) is 3.11. The Bertz CT molecular complexity index is 602. The van der Waals surface area contributed by atoms with Crippen LogP contribution in [0.2, 0.25) is 0 Å². The standard InChI is InChI=1S/C16H14O3/c1-11(16(18)19)13-8-5-9-14(10-13)15(17)12-6-3-2-4-7-12/h2-11H,1H3,(H,18,19)/i2+1,3+1,4+1,6+1,7+1,12+1. The number of carboxylic acid groups (broad SMARTS) is 1. The van der Waals surface area contributed by atoms with Gasteiger partial charge in [-0.25, -0.2) is 0 Å². The van der Waals surface area contributed by atoms with Crippen molar-refractivity contribution in [3.05, 3.63) is 71.3 Å². The molecule has 2 aromatic rings. The molecule has 0 radical (unpaired) electrons. The summed E-state index contributed by atoms with van der Waals surface area (Å²) in [5.41, 5.74) is 1.74. The molecule has 0 bridgehead atoms. The van der Waals surface area contributed by atoms with Crippen LogP contribution in [0, 0.1) is 0 Å². The number of aliphatic carboxylic acids is 1. The van der Waals surface area contributed by atoms with E-state index < -0.39 is 11.9 Å². The highest BCUT2D eigenvalue weighted by molar-refractivity contribution is 6.09. The number of hydrogen-bond acceptors (Lipinski definition) is 2. The molecule has 3 heteroatoms. The Morgan fingerprint density at radius 2 is 1.58 bits per heavy atom. The van der Waals surface area contributed by atoms with Crippen molar-refractivity contribution in [2.24, 2.45) is 0 Å². The lowest BCUT2D eigenvalue weighted by atomic mass is 9.99. The predicted molar refractivity (Wildman–Crippen MR) is 72.4 cm³/mol. The number of hydrogen-bond donors (Lipinski definition) is 1. The second kappa shape index (κ2) is 5.48. The molecular formula is C16H14O3. The molecule has 3 nitrogen and oxygen atoms in total. The van der Waals surface area contributed by atoms with E-state index in [0.717, 1.165) is 0 Å². The topological polar surface area (TPSA) is 54.4 Å². The van der Waals surface area contributed by atoms with Crippen LogP contribution in [0.15, 0.2) is 54.6 Å². The number of rotatable bonds is 4. The molecule has 0 spiro atoms. The molecule has 0 aliphatic heterocycles. The van der Waals surface area contributed by atoms with Gasteiger partial charge in [0.05, 0.1) is 5.92 Å². The van der Waals surface area contributed by atoms with Gasteiger partial charge in [0.15, 0.2) is 5.78 Å². The van der Waals surface area contributed by atoms with Crippen molar-refractivity contribution in [1.29, 1.82) is 0 Å². The van der Waals surface area contributed by atoms with Gasteiger partial charge in [0.1, 0.15) is 0 Å². The highest BCUT2D eigenvalue weighted by Gasteiger charge is 2.16. The number of carboxylic acids is 1. The summed E-state index contributed by atoms with van der Waals surface area (Å²) in [5, 5.41) is 9.00. The number of carbonyl (C=O) groups is 2. The van der Waals surface area contributed by atoms with Gasteiger partial charge < -0.3 is 5.11 Å². The third kappa shape index (κ3) is 2.88. The van der Waals surface area contributed by atoms with Crippen molar-refractivity contribution >= 4 is 11.8 Å². The van der Waals surface area contributed by atoms with Crippen molar-refractivity contribution in [1.82, 2.24) is 0 Å². The molecule has 1 N–H and O–H groups in total. The highest BCUT2D eigenvalue weighted by atomic mass is 16.4. The Labute approximate surface area is 111 Å². The summed E-state index contributed by atoms with van der Waals surface area (Å²) < 4.78 is 0. The summed E-state index contributed by atoms with van der Waals surface area (Å²) in [6.07, 6.45) is 0. The first kappa shape index (κ1) is 13.0. The van der Waals surface area contributed by atoms with Gasteiger partial charge in [0.25, 0.3) is 0 Å². The van der Waals surface area contributed by atoms with Gasteiger partial charge in [-0.3, -0.25) is 9.59 Å². The van der Waals surface area contributed by atoms with Gasteiger partial charge >= 0.3 is 5.97 Å². The maximum atomic E-state index is 12.2. The fourth-order valence-electron chi connectivity index (χ4n) is 1.85. The third-order valence-corrected chi connectivity index (χ3v) is 3.06. The Balaban J connectivity index is 2.34. The smallest absolute Gasteiger partial charge is 0.310 e. The van der Waals surface area contributed by atoms with Crippen LogP contribution in [-0.2, 0) is 4.79 Å². The zero-order chi connectivity index (χ0) is 13.8. The molecule has 0 saturated carbocycles. The SMILES string of the molecule is CC(C(=O)O)c1cccc(C(=O)[13c]2[13cH][13cH][13cH][13cH][13cH]2)c1. The molecule has 1 atom stereocenters. The molecule has 0 amide bonds. The fraction of sp³-hybridized carbons (Fsp3) is 0.125. The van der Waals surface area contributed by atoms with Crippen LogP contribution in [0.4, 0.5) is 0 Å². The van der Waals surface area contributed by atoms with Crippen molar-refractivity contribution in [3.63, 3.8) is 0 Å². The Morgan fingerprint density at radius 3 is 2.21 bits per heavy atom. The van der Waals surface area contributed by atoms with E-state index in [2.05, 4.69) is 0 Å². The quantitative estimate of drug-likeness (QED) is 0.859. The van der Waals surface area contributed by atoms with Crippen LogP contribution in [0.1, 0.15) is 34.3 Å². The first-order valence-corrected chi connectivity index (χ1v) is 6.02. The number of carbonyl (C=O) groups excluding carboxylic acids is 1. The van der Waals surface area contributed by atoms with E-state index in [9.17, 15) is 9.59 Å². The molecule has 0 aliphatic rings. The van der Waals surface area contributed by atoms with Crippen LogP contribution < -0.4 is 0 Å². The van der Waals surface area contributed by atoms with Gasteiger partial charge in [-0.1, -0.05) is 48.5 Å². The van der Waals surface area contributed by atoms with Crippen molar-refractivity contribution in [2.75, 3.05) is 0 Å². The highest BCUT2D eigenvalue weighted by Crippen LogP contribution is 2.18. The van der Waals surface area contributed by atoms with E-state index in [-0.39, 0.29) is 5.78 Å². The minimum atomic E-state index is -0.899.